The van der Waals surface area contributed by atoms with Crippen LogP contribution in [0.1, 0.15) is 12.8 Å². The Labute approximate surface area is 73.8 Å². The van der Waals surface area contributed by atoms with Crippen LogP contribution in [0.4, 0.5) is 13.2 Å². The van der Waals surface area contributed by atoms with Crippen molar-refractivity contribution in [3.05, 3.63) is 0 Å². The summed E-state index contributed by atoms with van der Waals surface area (Å²) in [6.45, 7) is -0.780. The van der Waals surface area contributed by atoms with Crippen molar-refractivity contribution in [1.29, 1.82) is 0 Å². The average molecular weight is 220 g/mol. The molecule has 0 saturated carbocycles. The van der Waals surface area contributed by atoms with Crippen LogP contribution in [-0.4, -0.2) is 27.1 Å². The first-order valence-corrected chi connectivity index (χ1v) is 4.93. The van der Waals surface area contributed by atoms with Gasteiger partial charge < -0.3 is 0 Å². The van der Waals surface area contributed by atoms with Gasteiger partial charge in [0, 0.05) is 6.54 Å². The summed E-state index contributed by atoms with van der Waals surface area (Å²) in [7, 11) is -5.23. The van der Waals surface area contributed by atoms with Gasteiger partial charge in [-0.05, 0) is 12.8 Å². The maximum atomic E-state index is 11.6. The normalized spacial score (nSPS) is 13.2. The first kappa shape index (κ1) is 12.7. The molecular weight excluding hydrogens is 211 g/mol. The van der Waals surface area contributed by atoms with Crippen molar-refractivity contribution in [1.82, 2.24) is 4.72 Å². The smallest absolute Gasteiger partial charge is 0.237 e. The number of alkyl halides is 3. The highest BCUT2D eigenvalue weighted by molar-refractivity contribution is 7.90. The van der Waals surface area contributed by atoms with Gasteiger partial charge >= 0.3 is 15.5 Å². The van der Waals surface area contributed by atoms with E-state index in [0.717, 1.165) is 0 Å². The standard InChI is InChI=1S/C5H9F3NO3S/c6-5(7,8)13(11,12)9-3-1-2-4-10/h9H,1-4H2. The van der Waals surface area contributed by atoms with E-state index in [1.54, 1.807) is 0 Å². The Morgan fingerprint density at radius 3 is 2.08 bits per heavy atom. The minimum absolute atomic E-state index is 0.110. The molecule has 0 aromatic rings. The average Bonchev–Trinajstić information content (AvgIpc) is 1.96. The third kappa shape index (κ3) is 4.44. The lowest BCUT2D eigenvalue weighted by molar-refractivity contribution is -0.0447. The molecule has 0 aliphatic rings. The molecule has 0 rings (SSSR count). The third-order valence-corrected chi connectivity index (χ3v) is 2.36. The topological polar surface area (TPSA) is 66.1 Å². The van der Waals surface area contributed by atoms with Gasteiger partial charge in [-0.1, -0.05) is 0 Å². The van der Waals surface area contributed by atoms with Crippen LogP contribution in [0, 0.1) is 0 Å². The number of hydrogen-bond donors (Lipinski definition) is 1. The van der Waals surface area contributed by atoms with E-state index in [0.29, 0.717) is 0 Å². The van der Waals surface area contributed by atoms with Gasteiger partial charge in [-0.3, -0.25) is 0 Å². The van der Waals surface area contributed by atoms with Crippen molar-refractivity contribution in [2.75, 3.05) is 13.2 Å². The molecule has 0 fully saturated rings. The predicted octanol–water partition coefficient (Wildman–Crippen LogP) is 0.636. The molecule has 13 heavy (non-hydrogen) atoms. The molecule has 0 saturated heterocycles. The molecule has 8 heteroatoms. The summed E-state index contributed by atoms with van der Waals surface area (Å²) >= 11 is 0. The van der Waals surface area contributed by atoms with Crippen LogP contribution in [0.25, 0.3) is 0 Å². The molecule has 4 nitrogen and oxygen atoms in total. The second-order valence-corrected chi connectivity index (χ2v) is 4.01. The monoisotopic (exact) mass is 220 g/mol. The summed E-state index contributed by atoms with van der Waals surface area (Å²) in [4.78, 5) is 0. The Kier molecular flexibility index (Phi) is 4.65. The Morgan fingerprint density at radius 1 is 1.15 bits per heavy atom. The Balaban J connectivity index is 3.92. The first-order valence-electron chi connectivity index (χ1n) is 3.45. The molecule has 0 aliphatic carbocycles. The van der Waals surface area contributed by atoms with Gasteiger partial charge in [0.05, 0.1) is 6.61 Å². The highest BCUT2D eigenvalue weighted by atomic mass is 32.2. The summed E-state index contributed by atoms with van der Waals surface area (Å²) in [6, 6.07) is 0. The fourth-order valence-electron chi connectivity index (χ4n) is 0.515. The number of nitrogens with one attached hydrogen (secondary N) is 1. The first-order chi connectivity index (χ1) is 5.81. The molecule has 1 N–H and O–H groups in total. The number of hydrogen-bond acceptors (Lipinski definition) is 2. The number of sulfonamides is 1. The molecule has 0 unspecified atom stereocenters. The lowest BCUT2D eigenvalue weighted by Gasteiger charge is -2.08. The van der Waals surface area contributed by atoms with E-state index in [-0.39, 0.29) is 19.4 Å². The van der Waals surface area contributed by atoms with E-state index in [1.165, 1.54) is 4.72 Å². The Hall–Kier alpha value is -0.340. The molecule has 1 radical (unpaired) electrons. The van der Waals surface area contributed by atoms with E-state index in [9.17, 15) is 26.7 Å². The van der Waals surface area contributed by atoms with Crippen LogP contribution in [0.5, 0.6) is 0 Å². The Morgan fingerprint density at radius 2 is 1.69 bits per heavy atom. The maximum Gasteiger partial charge on any atom is 0.511 e. The van der Waals surface area contributed by atoms with Gasteiger partial charge in [0.2, 0.25) is 0 Å². The zero-order valence-electron chi connectivity index (χ0n) is 6.60. The summed E-state index contributed by atoms with van der Waals surface area (Å²) in [5.41, 5.74) is -5.27. The van der Waals surface area contributed by atoms with Gasteiger partial charge in [0.1, 0.15) is 0 Å². The second kappa shape index (κ2) is 4.77. The summed E-state index contributed by atoms with van der Waals surface area (Å²) in [6.07, 6.45) is 0.263. The molecular formula is C5H9F3NO3S. The molecule has 0 aliphatic heterocycles. The summed E-state index contributed by atoms with van der Waals surface area (Å²) in [5, 5.41) is 9.85. The van der Waals surface area contributed by atoms with Gasteiger partial charge in [-0.15, -0.1) is 0 Å². The predicted molar refractivity (Wildman–Crippen MR) is 37.8 cm³/mol. The van der Waals surface area contributed by atoms with Crippen LogP contribution in [0.15, 0.2) is 0 Å². The van der Waals surface area contributed by atoms with E-state index >= 15 is 0 Å². The minimum atomic E-state index is -5.27. The van der Waals surface area contributed by atoms with Gasteiger partial charge in [0.25, 0.3) is 0 Å². The van der Waals surface area contributed by atoms with Crippen molar-refractivity contribution in [2.45, 2.75) is 18.3 Å². The van der Waals surface area contributed by atoms with Gasteiger partial charge in [0.15, 0.2) is 0 Å². The van der Waals surface area contributed by atoms with Crippen LogP contribution in [0.3, 0.4) is 0 Å². The SMILES string of the molecule is [O]CCCCNS(=O)(=O)C(F)(F)F. The molecule has 0 aromatic heterocycles. The molecule has 0 bridgehead atoms. The number of unbranched alkanes of at least 4 members (excludes halogenated alkanes) is 1. The van der Waals surface area contributed by atoms with Crippen LogP contribution in [-0.2, 0) is 15.1 Å². The van der Waals surface area contributed by atoms with E-state index < -0.39 is 22.1 Å². The lowest BCUT2D eigenvalue weighted by Crippen LogP contribution is -2.36. The largest absolute Gasteiger partial charge is 0.511 e. The van der Waals surface area contributed by atoms with Gasteiger partial charge in [-0.2, -0.15) is 13.2 Å². The fourth-order valence-corrected chi connectivity index (χ4v) is 1.09. The molecule has 0 amide bonds. The van der Waals surface area contributed by atoms with E-state index in [1.807, 2.05) is 0 Å². The van der Waals surface area contributed by atoms with Gasteiger partial charge in [-0.25, -0.2) is 18.2 Å². The highest BCUT2D eigenvalue weighted by Crippen LogP contribution is 2.21. The molecule has 0 spiro atoms. The fraction of sp³-hybridized carbons (Fsp3) is 1.00. The van der Waals surface area contributed by atoms with Crippen molar-refractivity contribution >= 4 is 10.0 Å². The number of halogens is 3. The molecule has 0 heterocycles. The zero-order chi connectivity index (χ0) is 10.5. The quantitative estimate of drug-likeness (QED) is 0.691. The molecule has 79 valence electrons. The van der Waals surface area contributed by atoms with Crippen molar-refractivity contribution in [3.63, 3.8) is 0 Å². The number of rotatable bonds is 5. The lowest BCUT2D eigenvalue weighted by atomic mass is 10.3. The Bertz CT molecular complexity index is 236. The van der Waals surface area contributed by atoms with Crippen molar-refractivity contribution < 1.29 is 26.7 Å². The molecule has 0 atom stereocenters. The third-order valence-electron chi connectivity index (χ3n) is 1.17. The second-order valence-electron chi connectivity index (χ2n) is 2.25. The van der Waals surface area contributed by atoms with E-state index in [2.05, 4.69) is 0 Å². The maximum absolute atomic E-state index is 11.6. The highest BCUT2D eigenvalue weighted by Gasteiger charge is 2.45. The summed E-state index contributed by atoms with van der Waals surface area (Å²) < 4.78 is 56.8. The van der Waals surface area contributed by atoms with Crippen LogP contribution >= 0.6 is 0 Å². The van der Waals surface area contributed by atoms with E-state index in [4.69, 9.17) is 0 Å². The van der Waals surface area contributed by atoms with Crippen LogP contribution in [0.2, 0.25) is 0 Å². The molecule has 0 aromatic carbocycles. The van der Waals surface area contributed by atoms with Crippen molar-refractivity contribution in [3.8, 4) is 0 Å². The summed E-state index contributed by atoms with van der Waals surface area (Å²) in [5.74, 6) is 0. The minimum Gasteiger partial charge on any atom is -0.237 e. The van der Waals surface area contributed by atoms with Crippen molar-refractivity contribution in [2.24, 2.45) is 0 Å². The van der Waals surface area contributed by atoms with Crippen LogP contribution < -0.4 is 4.72 Å². The zero-order valence-corrected chi connectivity index (χ0v) is 7.41.